The fourth-order valence-electron chi connectivity index (χ4n) is 12.3. The molecular formula is C59H51BN4O. The highest BCUT2D eigenvalue weighted by atomic mass is 16.3. The quantitative estimate of drug-likeness (QED) is 0.161. The topological polar surface area (TPSA) is 35.8 Å². The Morgan fingerprint density at radius 3 is 2.12 bits per heavy atom. The van der Waals surface area contributed by atoms with E-state index in [4.69, 9.17) is 9.40 Å². The molecular weight excluding hydrogens is 791 g/mol. The van der Waals surface area contributed by atoms with Gasteiger partial charge in [-0.2, -0.15) is 0 Å². The number of aromatic nitrogens is 1. The molecule has 65 heavy (non-hydrogen) atoms. The van der Waals surface area contributed by atoms with E-state index >= 15 is 0 Å². The highest BCUT2D eigenvalue weighted by Gasteiger charge is 2.61. The number of pyridine rings is 1. The van der Waals surface area contributed by atoms with Gasteiger partial charge in [0.1, 0.15) is 17.2 Å². The number of furan rings is 1. The van der Waals surface area contributed by atoms with E-state index in [1.165, 1.54) is 75.0 Å². The minimum Gasteiger partial charge on any atom is -0.454 e. The van der Waals surface area contributed by atoms with Crippen molar-refractivity contribution >= 4 is 90.8 Å². The normalized spacial score (nSPS) is 19.2. The van der Waals surface area contributed by atoms with E-state index in [1.54, 1.807) is 0 Å². The first-order valence-corrected chi connectivity index (χ1v) is 23.5. The monoisotopic (exact) mass is 842 g/mol. The molecule has 3 aliphatic heterocycles. The van der Waals surface area contributed by atoms with E-state index in [0.717, 1.165) is 57.1 Å². The standard InChI is InChI=1S/C59H51BN4O/c1-57(2,3)40-36-49-53-50(37-40)64-54-45(58(4)32-17-18-33-59(58,64)5)34-39(38-20-9-6-10-21-38)35-47(54)60(53)46-30-31-52(61-56(46)63(49)42-24-13-8-14-25-42)62(41-22-11-7-12-23-41)48-28-19-27-44-43-26-15-16-29-51(43)65-55(44)48/h6-16,19-31,34-37H,17-18,32-33H2,1-5H3. The van der Waals surface area contributed by atoms with Gasteiger partial charge in [0.15, 0.2) is 5.58 Å². The summed E-state index contributed by atoms with van der Waals surface area (Å²) in [6.45, 7) is 12.2. The maximum atomic E-state index is 6.74. The average molecular weight is 843 g/mol. The largest absolute Gasteiger partial charge is 0.454 e. The fourth-order valence-corrected chi connectivity index (χ4v) is 12.3. The summed E-state index contributed by atoms with van der Waals surface area (Å²) in [6, 6.07) is 62.2. The summed E-state index contributed by atoms with van der Waals surface area (Å²) in [7, 11) is 0. The molecule has 1 aliphatic carbocycles. The van der Waals surface area contributed by atoms with Crippen molar-refractivity contribution in [3.63, 3.8) is 0 Å². The van der Waals surface area contributed by atoms with E-state index < -0.39 is 0 Å². The first-order valence-electron chi connectivity index (χ1n) is 23.5. The molecule has 0 saturated heterocycles. The number of fused-ring (bicyclic) bond motifs is 10. The van der Waals surface area contributed by atoms with E-state index in [9.17, 15) is 0 Å². The van der Waals surface area contributed by atoms with Crippen LogP contribution in [0, 0.1) is 0 Å². The van der Waals surface area contributed by atoms with Crippen LogP contribution in [0.15, 0.2) is 174 Å². The van der Waals surface area contributed by atoms with Gasteiger partial charge in [0.2, 0.25) is 0 Å². The minimum absolute atomic E-state index is 0.0316. The van der Waals surface area contributed by atoms with Gasteiger partial charge in [-0.05, 0) is 124 Å². The second kappa shape index (κ2) is 13.7. The number of hydrogen-bond donors (Lipinski definition) is 0. The Kier molecular flexibility index (Phi) is 8.12. The molecule has 316 valence electrons. The van der Waals surface area contributed by atoms with Crippen LogP contribution in [0.2, 0.25) is 0 Å². The zero-order valence-electron chi connectivity index (χ0n) is 37.8. The van der Waals surface area contributed by atoms with Crippen molar-refractivity contribution in [2.45, 2.75) is 76.7 Å². The third-order valence-corrected chi connectivity index (χ3v) is 15.7. The maximum Gasteiger partial charge on any atom is 0.254 e. The van der Waals surface area contributed by atoms with Crippen molar-refractivity contribution in [3.8, 4) is 11.1 Å². The van der Waals surface area contributed by atoms with Crippen LogP contribution in [0.1, 0.15) is 71.4 Å². The Bertz CT molecular complexity index is 3380. The van der Waals surface area contributed by atoms with Crippen molar-refractivity contribution < 1.29 is 4.42 Å². The van der Waals surface area contributed by atoms with Crippen LogP contribution in [0.4, 0.5) is 45.8 Å². The third kappa shape index (κ3) is 5.37. The Morgan fingerprint density at radius 1 is 0.646 bits per heavy atom. The molecule has 2 atom stereocenters. The number of anilines is 8. The van der Waals surface area contributed by atoms with Gasteiger partial charge in [-0.3, -0.25) is 9.80 Å². The predicted molar refractivity (Wildman–Crippen MR) is 272 cm³/mol. The molecule has 1 fully saturated rings. The zero-order valence-corrected chi connectivity index (χ0v) is 37.8. The summed E-state index contributed by atoms with van der Waals surface area (Å²) in [5.74, 6) is 1.77. The molecule has 5 nitrogen and oxygen atoms in total. The first kappa shape index (κ1) is 38.4. The van der Waals surface area contributed by atoms with Crippen LogP contribution in [-0.2, 0) is 10.8 Å². The lowest BCUT2D eigenvalue weighted by atomic mass is 9.33. The first-order chi connectivity index (χ1) is 31.6. The summed E-state index contributed by atoms with van der Waals surface area (Å²) in [6.07, 6.45) is 4.79. The molecule has 0 spiro atoms. The van der Waals surface area contributed by atoms with Gasteiger partial charge in [-0.15, -0.1) is 0 Å². The van der Waals surface area contributed by atoms with Gasteiger partial charge in [0.25, 0.3) is 6.71 Å². The molecule has 2 aromatic heterocycles. The summed E-state index contributed by atoms with van der Waals surface area (Å²) in [5.41, 5.74) is 17.8. The molecule has 7 aromatic carbocycles. The van der Waals surface area contributed by atoms with Crippen molar-refractivity contribution in [2.24, 2.45) is 0 Å². The van der Waals surface area contributed by atoms with Crippen LogP contribution in [-0.4, -0.2) is 17.2 Å². The third-order valence-electron chi connectivity index (χ3n) is 15.7. The van der Waals surface area contributed by atoms with Crippen LogP contribution in [0.25, 0.3) is 33.1 Å². The highest BCUT2D eigenvalue weighted by molar-refractivity contribution is 7.00. The van der Waals surface area contributed by atoms with Crippen LogP contribution in [0.5, 0.6) is 0 Å². The summed E-state index contributed by atoms with van der Waals surface area (Å²) >= 11 is 0. The SMILES string of the molecule is CC(C)(C)c1cc2c3c(c1)N1c4c(cc(-c5ccccc5)cc4C4(C)CCCCC14C)B3c1ccc(N(c3ccccc3)c3cccc4c3oc3ccccc34)nc1N2c1ccccc1. The molecule has 4 aliphatic rings. The molecule has 13 rings (SSSR count). The lowest BCUT2D eigenvalue weighted by molar-refractivity contribution is 0.195. The molecule has 5 heterocycles. The van der Waals surface area contributed by atoms with Crippen LogP contribution >= 0.6 is 0 Å². The van der Waals surface area contributed by atoms with Gasteiger partial charge < -0.3 is 9.32 Å². The molecule has 2 unspecified atom stereocenters. The Morgan fingerprint density at radius 2 is 1.34 bits per heavy atom. The maximum absolute atomic E-state index is 6.74. The van der Waals surface area contributed by atoms with Gasteiger partial charge in [-0.25, -0.2) is 4.98 Å². The van der Waals surface area contributed by atoms with Crippen molar-refractivity contribution in [1.29, 1.82) is 0 Å². The number of rotatable bonds is 5. The van der Waals surface area contributed by atoms with Gasteiger partial charge in [-0.1, -0.05) is 150 Å². The van der Waals surface area contributed by atoms with Gasteiger partial charge in [0.05, 0.1) is 11.2 Å². The summed E-state index contributed by atoms with van der Waals surface area (Å²) in [5, 5.41) is 2.19. The second-order valence-corrected chi connectivity index (χ2v) is 20.3. The zero-order chi connectivity index (χ0) is 43.8. The van der Waals surface area contributed by atoms with Crippen molar-refractivity contribution in [3.05, 3.63) is 181 Å². The Labute approximate surface area is 382 Å². The molecule has 0 radical (unpaired) electrons. The number of para-hydroxylation sites is 4. The Balaban J connectivity index is 1.13. The van der Waals surface area contributed by atoms with E-state index in [2.05, 4.69) is 213 Å². The average Bonchev–Trinajstić information content (AvgIpc) is 3.81. The summed E-state index contributed by atoms with van der Waals surface area (Å²) < 4.78 is 6.74. The van der Waals surface area contributed by atoms with E-state index in [0.29, 0.717) is 0 Å². The number of hydrogen-bond acceptors (Lipinski definition) is 5. The summed E-state index contributed by atoms with van der Waals surface area (Å²) in [4.78, 5) is 13.5. The molecule has 0 N–H and O–H groups in total. The number of nitrogens with zero attached hydrogens (tertiary/aromatic N) is 4. The molecule has 1 saturated carbocycles. The van der Waals surface area contributed by atoms with Gasteiger partial charge in [0, 0.05) is 44.6 Å². The molecule has 9 aromatic rings. The number of benzene rings is 7. The van der Waals surface area contributed by atoms with E-state index in [-0.39, 0.29) is 23.1 Å². The Hall–Kier alpha value is -7.05. The highest BCUT2D eigenvalue weighted by Crippen LogP contribution is 2.62. The minimum atomic E-state index is -0.106. The molecule has 0 bridgehead atoms. The molecule has 6 heteroatoms. The smallest absolute Gasteiger partial charge is 0.254 e. The predicted octanol–water partition coefficient (Wildman–Crippen LogP) is 13.8. The molecule has 0 amide bonds. The van der Waals surface area contributed by atoms with Gasteiger partial charge >= 0.3 is 0 Å². The van der Waals surface area contributed by atoms with Crippen molar-refractivity contribution in [1.82, 2.24) is 4.98 Å². The van der Waals surface area contributed by atoms with Crippen LogP contribution in [0.3, 0.4) is 0 Å². The fraction of sp³-hybridized carbons (Fsp3) is 0.203. The van der Waals surface area contributed by atoms with Crippen LogP contribution < -0.4 is 31.1 Å². The van der Waals surface area contributed by atoms with E-state index in [1.807, 2.05) is 6.07 Å². The lowest BCUT2D eigenvalue weighted by Crippen LogP contribution is -2.64. The second-order valence-electron chi connectivity index (χ2n) is 20.3. The lowest BCUT2D eigenvalue weighted by Gasteiger charge is -2.53. The van der Waals surface area contributed by atoms with Crippen molar-refractivity contribution in [2.75, 3.05) is 14.7 Å².